The molecule has 2 aromatic carbocycles. The average molecular weight is 549 g/mol. The molecule has 7 aromatic heterocycles. The summed E-state index contributed by atoms with van der Waals surface area (Å²) in [7, 11) is 0. The molecule has 0 saturated carbocycles. The minimum absolute atomic E-state index is 1.11. The third-order valence-electron chi connectivity index (χ3n) is 7.69. The van der Waals surface area contributed by atoms with E-state index in [2.05, 4.69) is 89.7 Å². The van der Waals surface area contributed by atoms with E-state index in [9.17, 15) is 0 Å². The summed E-state index contributed by atoms with van der Waals surface area (Å²) in [5.41, 5.74) is 6.80. The zero-order valence-electron chi connectivity index (χ0n) is 22.5. The molecule has 0 amide bonds. The van der Waals surface area contributed by atoms with E-state index in [1.165, 1.54) is 25.9 Å². The topological polar surface area (TPSA) is 61.4 Å². The van der Waals surface area contributed by atoms with Crippen molar-refractivity contribution in [1.82, 2.24) is 29.1 Å². The minimum Gasteiger partial charge on any atom is -0.309 e. The number of fused-ring (bicyclic) bond motifs is 9. The van der Waals surface area contributed by atoms with Crippen molar-refractivity contribution in [3.05, 3.63) is 110 Å². The number of rotatable bonds is 2. The van der Waals surface area contributed by atoms with E-state index in [-0.39, 0.29) is 0 Å². The number of nitrogens with zero attached hydrogens (tertiary/aromatic N) is 6. The summed E-state index contributed by atoms with van der Waals surface area (Å²) in [4.78, 5) is 17.6. The fraction of sp³-hybridized carbons (Fsp3) is 0.0588. The summed E-state index contributed by atoms with van der Waals surface area (Å²) in [6.07, 6.45) is 15.2. The molecule has 0 saturated heterocycles. The zero-order chi connectivity index (χ0) is 27.5. The van der Waals surface area contributed by atoms with Gasteiger partial charge in [-0.1, -0.05) is 26.0 Å². The fourth-order valence-electron chi connectivity index (χ4n) is 6.04. The molecule has 7 heteroatoms. The predicted octanol–water partition coefficient (Wildman–Crippen LogP) is 8.85. The fourth-order valence-corrected chi connectivity index (χ4v) is 7.23. The molecule has 0 N–H and O–H groups in total. The van der Waals surface area contributed by atoms with E-state index in [4.69, 9.17) is 0 Å². The maximum Gasteiger partial charge on any atom is 0.0640 e. The first kappa shape index (κ1) is 23.7. The van der Waals surface area contributed by atoms with Gasteiger partial charge in [0.15, 0.2) is 0 Å². The second-order valence-corrected chi connectivity index (χ2v) is 10.7. The summed E-state index contributed by atoms with van der Waals surface area (Å²) in [5.74, 6) is 0. The van der Waals surface area contributed by atoms with Crippen molar-refractivity contribution in [1.29, 1.82) is 0 Å². The van der Waals surface area contributed by atoms with Gasteiger partial charge in [-0.25, -0.2) is 0 Å². The number of hydrogen-bond acceptors (Lipinski definition) is 5. The summed E-state index contributed by atoms with van der Waals surface area (Å²) < 4.78 is 7.18. The first-order chi connectivity index (χ1) is 20.4. The summed E-state index contributed by atoms with van der Waals surface area (Å²) in [6.45, 7) is 4.00. The van der Waals surface area contributed by atoms with Crippen LogP contribution in [0.1, 0.15) is 13.8 Å². The van der Waals surface area contributed by atoms with E-state index < -0.39 is 0 Å². The van der Waals surface area contributed by atoms with Crippen LogP contribution in [0.25, 0.3) is 75.2 Å². The molecule has 0 radical (unpaired) electrons. The number of benzene rings is 2. The molecule has 0 atom stereocenters. The normalized spacial score (nSPS) is 11.7. The Hall–Kier alpha value is -5.14. The Kier molecular flexibility index (Phi) is 5.33. The quantitative estimate of drug-likeness (QED) is 0.216. The Morgan fingerprint density at radius 2 is 1.02 bits per heavy atom. The molecular formula is C34H24N6S. The highest BCUT2D eigenvalue weighted by Crippen LogP contribution is 2.42. The van der Waals surface area contributed by atoms with Crippen LogP contribution in [0.3, 0.4) is 0 Å². The van der Waals surface area contributed by atoms with Crippen LogP contribution in [0, 0.1) is 0 Å². The Morgan fingerprint density at radius 3 is 1.56 bits per heavy atom. The molecule has 9 rings (SSSR count). The lowest BCUT2D eigenvalue weighted by Crippen LogP contribution is -1.94. The van der Waals surface area contributed by atoms with Crippen LogP contribution >= 0.6 is 11.3 Å². The maximum absolute atomic E-state index is 4.40. The Labute approximate surface area is 239 Å². The average Bonchev–Trinajstić information content (AvgIpc) is 3.70. The van der Waals surface area contributed by atoms with Gasteiger partial charge in [0.25, 0.3) is 0 Å². The molecule has 7 heterocycles. The van der Waals surface area contributed by atoms with Gasteiger partial charge < -0.3 is 9.13 Å². The van der Waals surface area contributed by atoms with Gasteiger partial charge in [0.1, 0.15) is 0 Å². The molecule has 41 heavy (non-hydrogen) atoms. The number of aromatic nitrogens is 6. The van der Waals surface area contributed by atoms with Crippen LogP contribution in [0.2, 0.25) is 0 Å². The highest BCUT2D eigenvalue weighted by molar-refractivity contribution is 7.26. The minimum atomic E-state index is 1.11. The Balaban J connectivity index is 0.00000125. The highest BCUT2D eigenvalue weighted by atomic mass is 32.1. The summed E-state index contributed by atoms with van der Waals surface area (Å²) in [5, 5.41) is 6.92. The van der Waals surface area contributed by atoms with Crippen LogP contribution in [0.15, 0.2) is 110 Å². The second kappa shape index (κ2) is 9.21. The molecule has 0 aliphatic rings. The van der Waals surface area contributed by atoms with Gasteiger partial charge in [-0.2, -0.15) is 0 Å². The lowest BCUT2D eigenvalue weighted by atomic mass is 10.1. The third-order valence-corrected chi connectivity index (χ3v) is 8.90. The monoisotopic (exact) mass is 548 g/mol. The summed E-state index contributed by atoms with van der Waals surface area (Å²) in [6, 6.07) is 21.7. The Bertz CT molecular complexity index is 2310. The first-order valence-electron chi connectivity index (χ1n) is 13.7. The molecule has 6 nitrogen and oxygen atoms in total. The van der Waals surface area contributed by atoms with E-state index >= 15 is 0 Å². The van der Waals surface area contributed by atoms with Crippen molar-refractivity contribution in [2.45, 2.75) is 13.8 Å². The third kappa shape index (κ3) is 3.36. The molecular weight excluding hydrogens is 524 g/mol. The number of hydrogen-bond donors (Lipinski definition) is 0. The molecule has 0 fully saturated rings. The van der Waals surface area contributed by atoms with Crippen LogP contribution in [0.5, 0.6) is 0 Å². The van der Waals surface area contributed by atoms with Crippen LogP contribution in [0.4, 0.5) is 0 Å². The molecule has 196 valence electrons. The number of pyridine rings is 4. The van der Waals surface area contributed by atoms with Gasteiger partial charge in [0.05, 0.1) is 32.5 Å². The van der Waals surface area contributed by atoms with Gasteiger partial charge in [0.2, 0.25) is 0 Å². The lowest BCUT2D eigenvalue weighted by molar-refractivity contribution is 1.18. The van der Waals surface area contributed by atoms with E-state index in [1.54, 1.807) is 0 Å². The van der Waals surface area contributed by atoms with Crippen LogP contribution in [-0.4, -0.2) is 29.1 Å². The van der Waals surface area contributed by atoms with Crippen molar-refractivity contribution in [2.24, 2.45) is 0 Å². The van der Waals surface area contributed by atoms with E-state index in [1.807, 2.05) is 74.8 Å². The van der Waals surface area contributed by atoms with Gasteiger partial charge >= 0.3 is 0 Å². The maximum atomic E-state index is 4.40. The molecule has 0 spiro atoms. The first-order valence-corrected chi connectivity index (χ1v) is 14.5. The smallest absolute Gasteiger partial charge is 0.0640 e. The van der Waals surface area contributed by atoms with Gasteiger partial charge in [-0.15, -0.1) is 11.3 Å². The molecule has 0 aliphatic carbocycles. The largest absolute Gasteiger partial charge is 0.309 e. The SMILES string of the molecule is CC.c1cc(-n2c3ccncc3c3cnccc32)c2sc3ccc(-n4c5ccncc5c5cnccc54)cc3c2c1. The van der Waals surface area contributed by atoms with Crippen LogP contribution < -0.4 is 0 Å². The van der Waals surface area contributed by atoms with Gasteiger partial charge in [-0.05, 0) is 48.5 Å². The lowest BCUT2D eigenvalue weighted by Gasteiger charge is -2.09. The van der Waals surface area contributed by atoms with E-state index in [0.29, 0.717) is 0 Å². The molecule has 0 bridgehead atoms. The van der Waals surface area contributed by atoms with E-state index in [0.717, 1.165) is 49.3 Å². The predicted molar refractivity (Wildman–Crippen MR) is 171 cm³/mol. The zero-order valence-corrected chi connectivity index (χ0v) is 23.3. The Morgan fingerprint density at radius 1 is 0.512 bits per heavy atom. The van der Waals surface area contributed by atoms with Crippen molar-refractivity contribution < 1.29 is 0 Å². The van der Waals surface area contributed by atoms with Crippen molar-refractivity contribution in [3.8, 4) is 11.4 Å². The van der Waals surface area contributed by atoms with Crippen molar-refractivity contribution in [2.75, 3.05) is 0 Å². The number of thiophene rings is 1. The molecule has 0 aliphatic heterocycles. The van der Waals surface area contributed by atoms with Gasteiger partial charge in [0, 0.05) is 92.3 Å². The van der Waals surface area contributed by atoms with Crippen molar-refractivity contribution >= 4 is 75.1 Å². The highest BCUT2D eigenvalue weighted by Gasteiger charge is 2.18. The summed E-state index contributed by atoms with van der Waals surface area (Å²) >= 11 is 1.84. The standard InChI is InChI=1S/C32H18N6S.C2H6/c1-2-20-21-14-19(37-26-6-10-33-15-22(26)23-16-34-11-7-27(23)37)4-5-31(21)39-32(20)30(3-1)38-28-8-12-35-17-24(28)25-18-36-13-9-29(25)38;1-2/h1-18H;1-2H3. The van der Waals surface area contributed by atoms with Crippen molar-refractivity contribution in [3.63, 3.8) is 0 Å². The van der Waals surface area contributed by atoms with Crippen LogP contribution in [-0.2, 0) is 0 Å². The molecule has 9 aromatic rings. The second-order valence-electron chi connectivity index (χ2n) is 9.68. The molecule has 0 unspecified atom stereocenters. The van der Waals surface area contributed by atoms with Gasteiger partial charge in [-0.3, -0.25) is 19.9 Å².